The van der Waals surface area contributed by atoms with E-state index in [0.29, 0.717) is 27.8 Å². The summed E-state index contributed by atoms with van der Waals surface area (Å²) in [5, 5.41) is 3.45. The van der Waals surface area contributed by atoms with Crippen LogP contribution < -0.4 is 10.1 Å². The Balaban J connectivity index is 1.52. The third kappa shape index (κ3) is 4.56. The molecule has 0 unspecified atom stereocenters. The van der Waals surface area contributed by atoms with Crippen molar-refractivity contribution in [2.24, 2.45) is 0 Å². The summed E-state index contributed by atoms with van der Waals surface area (Å²) >= 11 is 12.0. The van der Waals surface area contributed by atoms with Crippen molar-refractivity contribution < 1.29 is 9.53 Å². The zero-order chi connectivity index (χ0) is 20.9. The first-order valence-electron chi connectivity index (χ1n) is 8.87. The second-order valence-electron chi connectivity index (χ2n) is 6.15. The van der Waals surface area contributed by atoms with E-state index in [0.717, 1.165) is 5.56 Å². The average molecular weight is 437 g/mol. The molecule has 0 saturated carbocycles. The van der Waals surface area contributed by atoms with Gasteiger partial charge in [0.2, 0.25) is 5.88 Å². The van der Waals surface area contributed by atoms with Crippen molar-refractivity contribution in [1.29, 1.82) is 0 Å². The highest BCUT2D eigenvalue weighted by molar-refractivity contribution is 6.35. The smallest absolute Gasteiger partial charge is 0.258 e. The van der Waals surface area contributed by atoms with E-state index in [1.54, 1.807) is 24.3 Å². The highest BCUT2D eigenvalue weighted by atomic mass is 35.5. The van der Waals surface area contributed by atoms with Crippen LogP contribution in [0.5, 0.6) is 11.6 Å². The Kier molecular flexibility index (Phi) is 5.88. The molecule has 30 heavy (non-hydrogen) atoms. The molecule has 0 saturated heterocycles. The number of nitrogens with one attached hydrogen (secondary N) is 1. The van der Waals surface area contributed by atoms with Crippen molar-refractivity contribution >= 4 is 34.8 Å². The molecule has 2 aromatic heterocycles. The number of hydrogen-bond acceptors (Lipinski definition) is 5. The summed E-state index contributed by atoms with van der Waals surface area (Å²) < 4.78 is 5.76. The molecular weight excluding hydrogens is 423 g/mol. The lowest BCUT2D eigenvalue weighted by Crippen LogP contribution is -2.13. The Bertz CT molecular complexity index is 1190. The Labute approximate surface area is 182 Å². The number of nitrogens with zero attached hydrogens (tertiary/aromatic N) is 3. The topological polar surface area (TPSA) is 77.0 Å². The Hall–Kier alpha value is -3.48. The maximum atomic E-state index is 12.7. The maximum absolute atomic E-state index is 12.7. The number of carbonyl (C=O) groups is 1. The number of ether oxygens (including phenoxy) is 1. The molecule has 0 spiro atoms. The molecule has 0 aliphatic heterocycles. The molecule has 0 aliphatic carbocycles. The first-order chi connectivity index (χ1) is 14.6. The summed E-state index contributed by atoms with van der Waals surface area (Å²) in [4.78, 5) is 25.3. The fourth-order valence-electron chi connectivity index (χ4n) is 2.62. The Morgan fingerprint density at radius 3 is 2.30 bits per heavy atom. The quantitative estimate of drug-likeness (QED) is 0.421. The average Bonchev–Trinajstić information content (AvgIpc) is 2.77. The molecular formula is C22H14Cl2N4O2. The van der Waals surface area contributed by atoms with Gasteiger partial charge in [-0.15, -0.1) is 0 Å². The first-order valence-corrected chi connectivity index (χ1v) is 9.62. The zero-order valence-corrected chi connectivity index (χ0v) is 16.9. The lowest BCUT2D eigenvalue weighted by atomic mass is 10.2. The summed E-state index contributed by atoms with van der Waals surface area (Å²) in [5.74, 6) is 0.725. The number of anilines is 1. The second kappa shape index (κ2) is 8.90. The predicted molar refractivity (Wildman–Crippen MR) is 116 cm³/mol. The van der Waals surface area contributed by atoms with Gasteiger partial charge in [-0.25, -0.2) is 15.0 Å². The standard InChI is InChI=1S/C22H14Cl2N4O2/c23-16-10-17(24)22(27-13-16)30-19-9-5-4-8-18(19)28-21(29)15-11-25-20(26-12-15)14-6-2-1-3-7-14/h1-13H,(H,28,29). The fourth-order valence-corrected chi connectivity index (χ4v) is 3.03. The molecule has 4 rings (SSSR count). The molecule has 0 radical (unpaired) electrons. The van der Waals surface area contributed by atoms with E-state index in [2.05, 4.69) is 20.3 Å². The minimum atomic E-state index is -0.374. The monoisotopic (exact) mass is 436 g/mol. The van der Waals surface area contributed by atoms with E-state index >= 15 is 0 Å². The van der Waals surface area contributed by atoms with E-state index in [4.69, 9.17) is 27.9 Å². The fraction of sp³-hybridized carbons (Fsp3) is 0. The van der Waals surface area contributed by atoms with Crippen LogP contribution in [-0.2, 0) is 0 Å². The zero-order valence-electron chi connectivity index (χ0n) is 15.4. The van der Waals surface area contributed by atoms with Gasteiger partial charge in [0.05, 0.1) is 16.3 Å². The molecule has 148 valence electrons. The van der Waals surface area contributed by atoms with Crippen molar-refractivity contribution in [3.8, 4) is 23.0 Å². The van der Waals surface area contributed by atoms with Gasteiger partial charge in [0.1, 0.15) is 5.02 Å². The number of amides is 1. The molecule has 0 fully saturated rings. The summed E-state index contributed by atoms with van der Waals surface area (Å²) in [5.41, 5.74) is 1.63. The summed E-state index contributed by atoms with van der Waals surface area (Å²) in [6.07, 6.45) is 4.38. The second-order valence-corrected chi connectivity index (χ2v) is 7.00. The van der Waals surface area contributed by atoms with Gasteiger partial charge in [-0.2, -0.15) is 0 Å². The van der Waals surface area contributed by atoms with E-state index in [-0.39, 0.29) is 16.8 Å². The molecule has 0 aliphatic rings. The van der Waals surface area contributed by atoms with E-state index in [1.807, 2.05) is 30.3 Å². The number of para-hydroxylation sites is 2. The van der Waals surface area contributed by atoms with Gasteiger partial charge < -0.3 is 10.1 Å². The highest BCUT2D eigenvalue weighted by Crippen LogP contribution is 2.33. The van der Waals surface area contributed by atoms with Crippen molar-refractivity contribution in [1.82, 2.24) is 15.0 Å². The van der Waals surface area contributed by atoms with Gasteiger partial charge in [0.15, 0.2) is 11.6 Å². The van der Waals surface area contributed by atoms with Crippen molar-refractivity contribution in [2.45, 2.75) is 0 Å². The lowest BCUT2D eigenvalue weighted by molar-refractivity contribution is 0.102. The van der Waals surface area contributed by atoms with Crippen LogP contribution in [0.15, 0.2) is 79.3 Å². The van der Waals surface area contributed by atoms with Crippen molar-refractivity contribution in [3.05, 3.63) is 94.9 Å². The third-order valence-corrected chi connectivity index (χ3v) is 4.54. The first kappa shape index (κ1) is 19.8. The Morgan fingerprint density at radius 2 is 1.57 bits per heavy atom. The van der Waals surface area contributed by atoms with E-state index < -0.39 is 0 Å². The van der Waals surface area contributed by atoms with Gasteiger partial charge in [-0.1, -0.05) is 65.7 Å². The normalized spacial score (nSPS) is 10.5. The maximum Gasteiger partial charge on any atom is 0.258 e. The number of aromatic nitrogens is 3. The van der Waals surface area contributed by atoms with Crippen LogP contribution >= 0.6 is 23.2 Å². The van der Waals surface area contributed by atoms with Crippen LogP contribution in [0.25, 0.3) is 11.4 Å². The molecule has 0 atom stereocenters. The van der Waals surface area contributed by atoms with E-state index in [1.165, 1.54) is 24.7 Å². The summed E-state index contributed by atoms with van der Waals surface area (Å²) in [6.45, 7) is 0. The van der Waals surface area contributed by atoms with Crippen LogP contribution in [0.4, 0.5) is 5.69 Å². The van der Waals surface area contributed by atoms with Crippen molar-refractivity contribution in [3.63, 3.8) is 0 Å². The van der Waals surface area contributed by atoms with Crippen LogP contribution in [0, 0.1) is 0 Å². The molecule has 2 heterocycles. The number of carbonyl (C=O) groups excluding carboxylic acids is 1. The minimum Gasteiger partial charge on any atom is -0.435 e. The van der Waals surface area contributed by atoms with Gasteiger partial charge in [0, 0.05) is 24.2 Å². The molecule has 1 amide bonds. The third-order valence-electron chi connectivity index (χ3n) is 4.06. The number of benzene rings is 2. The molecule has 4 aromatic rings. The summed E-state index contributed by atoms with van der Waals surface area (Å²) in [6, 6.07) is 18.0. The SMILES string of the molecule is O=C(Nc1ccccc1Oc1ncc(Cl)cc1Cl)c1cnc(-c2ccccc2)nc1. The molecule has 8 heteroatoms. The van der Waals surface area contributed by atoms with Crippen molar-refractivity contribution in [2.75, 3.05) is 5.32 Å². The van der Waals surface area contributed by atoms with Gasteiger partial charge in [-0.3, -0.25) is 4.79 Å². The van der Waals surface area contributed by atoms with Gasteiger partial charge >= 0.3 is 0 Å². The molecule has 1 N–H and O–H groups in total. The number of pyridine rings is 1. The Morgan fingerprint density at radius 1 is 0.867 bits per heavy atom. The lowest BCUT2D eigenvalue weighted by Gasteiger charge is -2.12. The van der Waals surface area contributed by atoms with Gasteiger partial charge in [-0.05, 0) is 18.2 Å². The molecule has 2 aromatic carbocycles. The van der Waals surface area contributed by atoms with Crippen LogP contribution in [-0.4, -0.2) is 20.9 Å². The van der Waals surface area contributed by atoms with Crippen LogP contribution in [0.3, 0.4) is 0 Å². The highest BCUT2D eigenvalue weighted by Gasteiger charge is 2.14. The molecule has 6 nitrogen and oxygen atoms in total. The van der Waals surface area contributed by atoms with Gasteiger partial charge in [0.25, 0.3) is 5.91 Å². The number of rotatable bonds is 5. The summed E-state index contributed by atoms with van der Waals surface area (Å²) in [7, 11) is 0. The predicted octanol–water partition coefficient (Wildman–Crippen LogP) is 5.89. The van der Waals surface area contributed by atoms with Crippen LogP contribution in [0.2, 0.25) is 10.0 Å². The molecule has 0 bridgehead atoms. The van der Waals surface area contributed by atoms with E-state index in [9.17, 15) is 4.79 Å². The minimum absolute atomic E-state index is 0.179. The number of halogens is 2. The largest absolute Gasteiger partial charge is 0.435 e. The number of hydrogen-bond donors (Lipinski definition) is 1. The van der Waals surface area contributed by atoms with Crippen LogP contribution in [0.1, 0.15) is 10.4 Å².